The maximum absolute atomic E-state index is 11.8. The number of amides is 1. The van der Waals surface area contributed by atoms with E-state index in [1.165, 1.54) is 0 Å². The van der Waals surface area contributed by atoms with Gasteiger partial charge in [0.25, 0.3) is 5.91 Å². The van der Waals surface area contributed by atoms with Gasteiger partial charge in [-0.2, -0.15) is 0 Å². The number of aliphatic hydroxyl groups is 1. The van der Waals surface area contributed by atoms with Gasteiger partial charge in [-0.3, -0.25) is 4.79 Å². The van der Waals surface area contributed by atoms with Crippen LogP contribution < -0.4 is 10.1 Å². The van der Waals surface area contributed by atoms with Crippen molar-refractivity contribution < 1.29 is 14.6 Å². The van der Waals surface area contributed by atoms with Gasteiger partial charge in [0, 0.05) is 5.69 Å². The van der Waals surface area contributed by atoms with Crippen LogP contribution in [0.2, 0.25) is 0 Å². The first kappa shape index (κ1) is 14.1. The van der Waals surface area contributed by atoms with Gasteiger partial charge in [0.15, 0.2) is 6.61 Å². The summed E-state index contributed by atoms with van der Waals surface area (Å²) in [6.07, 6.45) is 0. The van der Waals surface area contributed by atoms with Crippen molar-refractivity contribution in [3.05, 3.63) is 59.7 Å². The molecule has 2 rings (SSSR count). The van der Waals surface area contributed by atoms with E-state index in [2.05, 4.69) is 5.32 Å². The van der Waals surface area contributed by atoms with Crippen molar-refractivity contribution in [2.75, 3.05) is 11.9 Å². The Bertz CT molecular complexity index is 596. The van der Waals surface area contributed by atoms with E-state index in [0.29, 0.717) is 5.75 Å². The largest absolute Gasteiger partial charge is 0.484 e. The van der Waals surface area contributed by atoms with E-state index in [0.717, 1.165) is 16.8 Å². The van der Waals surface area contributed by atoms with Crippen molar-refractivity contribution in [3.63, 3.8) is 0 Å². The minimum atomic E-state index is -0.218. The molecule has 0 aromatic heterocycles. The Balaban J connectivity index is 1.88. The summed E-state index contributed by atoms with van der Waals surface area (Å²) in [4.78, 5) is 11.8. The van der Waals surface area contributed by atoms with E-state index < -0.39 is 0 Å². The molecule has 2 N–H and O–H groups in total. The van der Waals surface area contributed by atoms with Crippen LogP contribution in [0.15, 0.2) is 48.5 Å². The molecule has 0 fully saturated rings. The number of carbonyl (C=O) groups is 1. The third-order valence-electron chi connectivity index (χ3n) is 2.75. The number of ether oxygens (including phenoxy) is 1. The third-order valence-corrected chi connectivity index (χ3v) is 2.75. The molecule has 0 aliphatic heterocycles. The molecular weight excluding hydrogens is 254 g/mol. The molecule has 0 bridgehead atoms. The van der Waals surface area contributed by atoms with Gasteiger partial charge in [0.1, 0.15) is 5.75 Å². The quantitative estimate of drug-likeness (QED) is 0.878. The summed E-state index contributed by atoms with van der Waals surface area (Å²) in [5.41, 5.74) is 2.59. The van der Waals surface area contributed by atoms with Gasteiger partial charge in [-0.25, -0.2) is 0 Å². The van der Waals surface area contributed by atoms with Gasteiger partial charge in [-0.05, 0) is 42.3 Å². The number of aryl methyl sites for hydroxylation is 1. The van der Waals surface area contributed by atoms with E-state index in [9.17, 15) is 4.79 Å². The summed E-state index contributed by atoms with van der Waals surface area (Å²) in [5.74, 6) is 0.348. The summed E-state index contributed by atoms with van der Waals surface area (Å²) in [6, 6.07) is 14.6. The predicted octanol–water partition coefficient (Wildman–Crippen LogP) is 2.50. The smallest absolute Gasteiger partial charge is 0.262 e. The fourth-order valence-corrected chi connectivity index (χ4v) is 1.80. The van der Waals surface area contributed by atoms with Gasteiger partial charge in [-0.15, -0.1) is 0 Å². The number of benzene rings is 2. The van der Waals surface area contributed by atoms with Crippen LogP contribution in [0, 0.1) is 6.92 Å². The molecule has 0 heterocycles. The highest BCUT2D eigenvalue weighted by Crippen LogP contribution is 2.14. The molecule has 4 heteroatoms. The lowest BCUT2D eigenvalue weighted by atomic mass is 10.2. The summed E-state index contributed by atoms with van der Waals surface area (Å²) in [6.45, 7) is 1.85. The molecule has 0 unspecified atom stereocenters. The summed E-state index contributed by atoms with van der Waals surface area (Å²) < 4.78 is 5.39. The van der Waals surface area contributed by atoms with E-state index >= 15 is 0 Å². The molecule has 0 saturated heterocycles. The Morgan fingerprint density at radius 1 is 1.20 bits per heavy atom. The van der Waals surface area contributed by atoms with Crippen molar-refractivity contribution in [3.8, 4) is 5.75 Å². The maximum atomic E-state index is 11.8. The van der Waals surface area contributed by atoms with Crippen molar-refractivity contribution >= 4 is 11.6 Å². The topological polar surface area (TPSA) is 58.6 Å². The van der Waals surface area contributed by atoms with Crippen LogP contribution in [0.1, 0.15) is 11.1 Å². The normalized spacial score (nSPS) is 10.1. The fourth-order valence-electron chi connectivity index (χ4n) is 1.80. The first-order valence-corrected chi connectivity index (χ1v) is 6.36. The maximum Gasteiger partial charge on any atom is 0.262 e. The molecule has 104 valence electrons. The number of rotatable bonds is 5. The van der Waals surface area contributed by atoms with Gasteiger partial charge in [-0.1, -0.05) is 24.3 Å². The Morgan fingerprint density at radius 2 is 2.00 bits per heavy atom. The molecule has 20 heavy (non-hydrogen) atoms. The van der Waals surface area contributed by atoms with Crippen LogP contribution in [-0.4, -0.2) is 17.6 Å². The highest BCUT2D eigenvalue weighted by Gasteiger charge is 2.04. The summed E-state index contributed by atoms with van der Waals surface area (Å²) in [7, 11) is 0. The Morgan fingerprint density at radius 3 is 2.75 bits per heavy atom. The zero-order valence-electron chi connectivity index (χ0n) is 11.3. The molecule has 4 nitrogen and oxygen atoms in total. The SMILES string of the molecule is Cc1cccc(NC(=O)COc2cccc(CO)c2)c1. The average molecular weight is 271 g/mol. The van der Waals surface area contributed by atoms with E-state index in [1.807, 2.05) is 31.2 Å². The highest BCUT2D eigenvalue weighted by molar-refractivity contribution is 5.91. The minimum absolute atomic E-state index is 0.0489. The molecule has 2 aromatic carbocycles. The number of nitrogens with one attached hydrogen (secondary N) is 1. The van der Waals surface area contributed by atoms with Crippen LogP contribution in [0.25, 0.3) is 0 Å². The molecule has 2 aromatic rings. The average Bonchev–Trinajstić information content (AvgIpc) is 2.45. The van der Waals surface area contributed by atoms with Gasteiger partial charge < -0.3 is 15.2 Å². The van der Waals surface area contributed by atoms with Crippen LogP contribution in [0.3, 0.4) is 0 Å². The van der Waals surface area contributed by atoms with Crippen LogP contribution in [0.4, 0.5) is 5.69 Å². The minimum Gasteiger partial charge on any atom is -0.484 e. The van der Waals surface area contributed by atoms with E-state index in [4.69, 9.17) is 9.84 Å². The van der Waals surface area contributed by atoms with Crippen LogP contribution in [-0.2, 0) is 11.4 Å². The lowest BCUT2D eigenvalue weighted by Gasteiger charge is -2.08. The molecular formula is C16H17NO3. The van der Waals surface area contributed by atoms with Crippen molar-refractivity contribution in [2.45, 2.75) is 13.5 Å². The second kappa shape index (κ2) is 6.73. The number of hydrogen-bond donors (Lipinski definition) is 2. The Hall–Kier alpha value is -2.33. The van der Waals surface area contributed by atoms with Crippen LogP contribution >= 0.6 is 0 Å². The Kier molecular flexibility index (Phi) is 4.74. The summed E-state index contributed by atoms with van der Waals surface area (Å²) in [5, 5.41) is 11.8. The second-order valence-corrected chi connectivity index (χ2v) is 4.51. The molecule has 0 aliphatic carbocycles. The Labute approximate surface area is 118 Å². The van der Waals surface area contributed by atoms with Crippen molar-refractivity contribution in [2.24, 2.45) is 0 Å². The van der Waals surface area contributed by atoms with Gasteiger partial charge in [0.05, 0.1) is 6.61 Å². The zero-order valence-corrected chi connectivity index (χ0v) is 11.3. The third kappa shape index (κ3) is 4.10. The zero-order chi connectivity index (χ0) is 14.4. The lowest BCUT2D eigenvalue weighted by molar-refractivity contribution is -0.118. The number of aliphatic hydroxyl groups excluding tert-OH is 1. The molecule has 1 amide bonds. The van der Waals surface area contributed by atoms with Crippen molar-refractivity contribution in [1.82, 2.24) is 0 Å². The van der Waals surface area contributed by atoms with Crippen LogP contribution in [0.5, 0.6) is 5.75 Å². The summed E-state index contributed by atoms with van der Waals surface area (Å²) >= 11 is 0. The van der Waals surface area contributed by atoms with E-state index in [1.54, 1.807) is 24.3 Å². The highest BCUT2D eigenvalue weighted by atomic mass is 16.5. The fraction of sp³-hybridized carbons (Fsp3) is 0.188. The first-order chi connectivity index (χ1) is 9.67. The van der Waals surface area contributed by atoms with Gasteiger partial charge >= 0.3 is 0 Å². The molecule has 0 spiro atoms. The first-order valence-electron chi connectivity index (χ1n) is 6.36. The predicted molar refractivity (Wildman–Crippen MR) is 77.7 cm³/mol. The van der Waals surface area contributed by atoms with E-state index in [-0.39, 0.29) is 19.1 Å². The molecule has 0 saturated carbocycles. The molecule has 0 atom stereocenters. The van der Waals surface area contributed by atoms with Gasteiger partial charge in [0.2, 0.25) is 0 Å². The molecule has 0 radical (unpaired) electrons. The monoisotopic (exact) mass is 271 g/mol. The number of anilines is 1. The molecule has 0 aliphatic rings. The number of hydrogen-bond acceptors (Lipinski definition) is 3. The van der Waals surface area contributed by atoms with Crippen molar-refractivity contribution in [1.29, 1.82) is 0 Å². The standard InChI is InChI=1S/C16H17NO3/c1-12-4-2-6-14(8-12)17-16(19)11-20-15-7-3-5-13(9-15)10-18/h2-9,18H,10-11H2,1H3,(H,17,19). The lowest BCUT2D eigenvalue weighted by Crippen LogP contribution is -2.20. The number of carbonyl (C=O) groups excluding carboxylic acids is 1. The second-order valence-electron chi connectivity index (χ2n) is 4.51.